The van der Waals surface area contributed by atoms with Crippen LogP contribution in [-0.2, 0) is 43.9 Å². The van der Waals surface area contributed by atoms with E-state index in [9.17, 15) is 0 Å². The second-order valence-corrected chi connectivity index (χ2v) is 23.2. The standard InChI is InChI=1S/C21H25.C12H19.C11H14.2ClH.Zr/c1-20(2,3)16-7-9-18-14(12-16)11-15-13-17(21(4,5)6)8-10-19(15)18;1-6-10-7-9(2)8-11(10)12(3,4)5;1-9-5-7-10(8-6-9)11(2,3)4;;;/h7-10,12H,11H2,1-6H3;8-9H,6H2,1-5H3;1,5-8H,2-4H3;2*1H;/q;;;;;+2/p-2. The van der Waals surface area contributed by atoms with Crippen molar-refractivity contribution in [1.29, 1.82) is 0 Å². The molecule has 0 aliphatic heterocycles. The Bertz CT molecular complexity index is 1720. The number of hydrogen-bond acceptors (Lipinski definition) is 0. The smallest absolute Gasteiger partial charge is 1.00 e. The molecule has 0 nitrogen and oxygen atoms in total. The van der Waals surface area contributed by atoms with Crippen LogP contribution in [-0.4, -0.2) is 3.71 Å². The van der Waals surface area contributed by atoms with Gasteiger partial charge in [-0.2, -0.15) is 0 Å². The van der Waals surface area contributed by atoms with Crippen LogP contribution in [0.1, 0.15) is 137 Å². The van der Waals surface area contributed by atoms with Crippen molar-refractivity contribution in [1.82, 2.24) is 0 Å². The topological polar surface area (TPSA) is 0 Å². The molecular formula is C44H58Cl2Zr. The second kappa shape index (κ2) is 14.0. The van der Waals surface area contributed by atoms with E-state index in [0.717, 1.165) is 12.8 Å². The summed E-state index contributed by atoms with van der Waals surface area (Å²) >= 11 is -2.68. The van der Waals surface area contributed by atoms with Crippen molar-refractivity contribution in [3.8, 4) is 11.1 Å². The minimum atomic E-state index is -2.68. The Hall–Kier alpha value is -1.53. The Balaban J connectivity index is 0.00000300. The molecule has 0 aromatic heterocycles. The van der Waals surface area contributed by atoms with E-state index in [1.807, 2.05) is 0 Å². The Labute approximate surface area is 307 Å². The third-order valence-electron chi connectivity index (χ3n) is 10.1. The summed E-state index contributed by atoms with van der Waals surface area (Å²) in [6, 6.07) is 21.9. The van der Waals surface area contributed by atoms with Crippen molar-refractivity contribution in [3.05, 3.63) is 108 Å². The van der Waals surface area contributed by atoms with Crippen LogP contribution in [0.15, 0.2) is 75.1 Å². The van der Waals surface area contributed by atoms with Gasteiger partial charge in [0, 0.05) is 0 Å². The van der Waals surface area contributed by atoms with E-state index in [4.69, 9.17) is 0 Å². The first-order chi connectivity index (χ1) is 20.7. The zero-order valence-electron chi connectivity index (χ0n) is 31.6. The minimum Gasteiger partial charge on any atom is -1.00 e. The van der Waals surface area contributed by atoms with E-state index in [1.165, 1.54) is 33.4 Å². The van der Waals surface area contributed by atoms with Crippen molar-refractivity contribution in [2.24, 2.45) is 11.3 Å². The predicted octanol–water partition coefficient (Wildman–Crippen LogP) is 5.54. The molecule has 1 atom stereocenters. The Morgan fingerprint density at radius 2 is 1.23 bits per heavy atom. The van der Waals surface area contributed by atoms with Gasteiger partial charge in [-0.15, -0.1) is 0 Å². The van der Waals surface area contributed by atoms with Crippen molar-refractivity contribution >= 4 is 6.98 Å². The fraction of sp³-hybridized carbons (Fsp3) is 0.477. The van der Waals surface area contributed by atoms with Gasteiger partial charge in [0.25, 0.3) is 0 Å². The van der Waals surface area contributed by atoms with Crippen LogP contribution >= 0.6 is 0 Å². The van der Waals surface area contributed by atoms with Gasteiger partial charge in [0.1, 0.15) is 0 Å². The van der Waals surface area contributed by atoms with Gasteiger partial charge in [-0.05, 0) is 0 Å². The van der Waals surface area contributed by atoms with E-state index < -0.39 is 21.3 Å². The molecule has 0 fully saturated rings. The molecule has 0 heterocycles. The van der Waals surface area contributed by atoms with E-state index in [-0.39, 0.29) is 46.5 Å². The van der Waals surface area contributed by atoms with Crippen LogP contribution in [0.25, 0.3) is 11.1 Å². The van der Waals surface area contributed by atoms with Crippen molar-refractivity contribution in [2.45, 2.75) is 126 Å². The van der Waals surface area contributed by atoms with E-state index >= 15 is 0 Å². The third-order valence-corrected chi connectivity index (χ3v) is 17.6. The number of hydrogen-bond donors (Lipinski definition) is 0. The van der Waals surface area contributed by atoms with Crippen molar-refractivity contribution in [2.75, 3.05) is 0 Å². The van der Waals surface area contributed by atoms with Crippen LogP contribution in [0, 0.1) is 11.3 Å². The summed E-state index contributed by atoms with van der Waals surface area (Å²) in [7, 11) is 0. The first-order valence-electron chi connectivity index (χ1n) is 17.3. The zero-order valence-corrected chi connectivity index (χ0v) is 35.6. The Kier molecular flexibility index (Phi) is 11.9. The molecule has 0 amide bonds. The molecule has 2 aliphatic carbocycles. The fourth-order valence-electron chi connectivity index (χ4n) is 7.55. The monoisotopic (exact) mass is 746 g/mol. The van der Waals surface area contributed by atoms with Crippen molar-refractivity contribution in [3.63, 3.8) is 0 Å². The second-order valence-electron chi connectivity index (χ2n) is 17.9. The summed E-state index contributed by atoms with van der Waals surface area (Å²) < 4.78 is 6.35. The molecule has 252 valence electrons. The number of rotatable bonds is 4. The average Bonchev–Trinajstić information content (AvgIpc) is 3.47. The molecule has 3 aromatic rings. The summed E-state index contributed by atoms with van der Waals surface area (Å²) in [4.78, 5) is 0. The molecule has 1 unspecified atom stereocenters. The molecule has 0 saturated heterocycles. The van der Waals surface area contributed by atoms with Gasteiger partial charge in [0.05, 0.1) is 0 Å². The van der Waals surface area contributed by atoms with E-state index in [1.54, 1.807) is 28.8 Å². The Morgan fingerprint density at radius 1 is 0.681 bits per heavy atom. The summed E-state index contributed by atoms with van der Waals surface area (Å²) in [5.41, 5.74) is 15.7. The van der Waals surface area contributed by atoms with E-state index in [2.05, 4.69) is 161 Å². The normalized spacial score (nSPS) is 16.4. The molecule has 3 aromatic carbocycles. The van der Waals surface area contributed by atoms with Gasteiger partial charge in [0.15, 0.2) is 0 Å². The summed E-state index contributed by atoms with van der Waals surface area (Å²) in [6.45, 7) is 33.4. The largest absolute Gasteiger partial charge is 1.00 e. The first kappa shape index (κ1) is 39.9. The number of fused-ring (bicyclic) bond motifs is 3. The fourth-order valence-corrected chi connectivity index (χ4v) is 16.4. The van der Waals surface area contributed by atoms with Crippen LogP contribution in [0.4, 0.5) is 0 Å². The molecule has 2 aliphatic rings. The van der Waals surface area contributed by atoms with Crippen molar-refractivity contribution < 1.29 is 46.1 Å². The molecular weight excluding hydrogens is 691 g/mol. The predicted molar refractivity (Wildman–Crippen MR) is 196 cm³/mol. The van der Waals surface area contributed by atoms with Crippen LogP contribution < -0.4 is 28.1 Å². The molecule has 0 spiro atoms. The molecule has 0 radical (unpaired) electrons. The molecule has 5 rings (SSSR count). The minimum absolute atomic E-state index is 0. The van der Waals surface area contributed by atoms with Gasteiger partial charge < -0.3 is 24.8 Å². The molecule has 0 bridgehead atoms. The summed E-state index contributed by atoms with van der Waals surface area (Å²) in [5, 5.41) is 0. The van der Waals surface area contributed by atoms with Gasteiger partial charge in [-0.1, -0.05) is 0 Å². The molecule has 3 heteroatoms. The molecule has 47 heavy (non-hydrogen) atoms. The molecule has 0 saturated carbocycles. The Morgan fingerprint density at radius 3 is 1.74 bits per heavy atom. The maximum atomic E-state index is 2.81. The maximum Gasteiger partial charge on any atom is -1.00 e. The van der Waals surface area contributed by atoms with Gasteiger partial charge >= 0.3 is 285 Å². The van der Waals surface area contributed by atoms with Crippen LogP contribution in [0.3, 0.4) is 0 Å². The summed E-state index contributed by atoms with van der Waals surface area (Å²) in [5.74, 6) is 0.480. The van der Waals surface area contributed by atoms with Crippen LogP contribution in [0.2, 0.25) is 0 Å². The number of allylic oxidation sites excluding steroid dienone is 4. The number of benzene rings is 3. The quantitative estimate of drug-likeness (QED) is 0.258. The van der Waals surface area contributed by atoms with Gasteiger partial charge in [0.2, 0.25) is 0 Å². The summed E-state index contributed by atoms with van der Waals surface area (Å²) in [6.07, 6.45) is 4.80. The first-order valence-corrected chi connectivity index (χ1v) is 21.2. The molecule has 0 N–H and O–H groups in total. The van der Waals surface area contributed by atoms with Gasteiger partial charge in [-0.25, -0.2) is 0 Å². The maximum absolute atomic E-state index is 2.81. The van der Waals surface area contributed by atoms with Gasteiger partial charge in [-0.3, -0.25) is 0 Å². The number of halogens is 2. The zero-order chi connectivity index (χ0) is 33.3. The third kappa shape index (κ3) is 7.95. The van der Waals surface area contributed by atoms with E-state index in [0.29, 0.717) is 5.92 Å². The SMILES string of the molecule is CCC1=[C](/[Zr+2](=[CH]/c2ccc(C(C)(C)C)cc2)[c]2c(C(C)(C)C)ccc3c2Cc2cc(C(C)(C)C)ccc2-3)C(C)C=C1C(C)(C)C.[Cl-].[Cl-]. The average molecular weight is 749 g/mol. The van der Waals surface area contributed by atoms with Crippen LogP contribution in [0.5, 0.6) is 0 Å².